The number of pyridine rings is 1. The molecule has 0 aliphatic rings. The number of hydrogen-bond acceptors (Lipinski definition) is 6. The van der Waals surface area contributed by atoms with E-state index in [4.69, 9.17) is 10.2 Å². The minimum absolute atomic E-state index is 0.403. The lowest BCUT2D eigenvalue weighted by molar-refractivity contribution is 0.429. The molecule has 0 aromatic carbocycles. The molecule has 0 fully saturated rings. The average molecular weight is 261 g/mol. The van der Waals surface area contributed by atoms with Crippen LogP contribution in [0.1, 0.15) is 11.6 Å². The molecule has 0 amide bonds. The molecule has 3 rings (SSSR count). The Hall–Kier alpha value is -1.86. The maximum Gasteiger partial charge on any atom is 0.282 e. The summed E-state index contributed by atoms with van der Waals surface area (Å²) in [5.41, 5.74) is 7.57. The first-order valence-corrected chi connectivity index (χ1v) is 6.23. The van der Waals surface area contributed by atoms with Crippen LogP contribution >= 0.6 is 11.8 Å². The van der Waals surface area contributed by atoms with Crippen LogP contribution in [-0.4, -0.2) is 19.6 Å². The summed E-state index contributed by atoms with van der Waals surface area (Å²) >= 11 is 1.33. The first-order valence-electron chi connectivity index (χ1n) is 5.42. The maximum atomic E-state index is 5.78. The predicted octanol–water partition coefficient (Wildman–Crippen LogP) is 1.64. The zero-order valence-electron chi connectivity index (χ0n) is 9.70. The fraction of sp³-hybridized carbons (Fsp3) is 0.182. The number of rotatable bonds is 3. The van der Waals surface area contributed by atoms with Crippen molar-refractivity contribution in [1.29, 1.82) is 0 Å². The van der Waals surface area contributed by atoms with Gasteiger partial charge in [0.15, 0.2) is 0 Å². The van der Waals surface area contributed by atoms with E-state index in [2.05, 4.69) is 15.2 Å². The largest absolute Gasteiger partial charge is 0.416 e. The van der Waals surface area contributed by atoms with E-state index in [9.17, 15) is 0 Å². The molecule has 92 valence electrons. The van der Waals surface area contributed by atoms with Gasteiger partial charge in [-0.2, -0.15) is 0 Å². The Morgan fingerprint density at radius 1 is 1.39 bits per heavy atom. The van der Waals surface area contributed by atoms with Crippen molar-refractivity contribution in [3.05, 3.63) is 36.0 Å². The van der Waals surface area contributed by atoms with Gasteiger partial charge in [-0.15, -0.1) is 10.2 Å². The standard InChI is InChI=1S/C11H11N5OS/c1-7-14-15-11(17-7)18-10-8(6-12)16-5-3-2-4-9(16)13-10/h2-5H,6,12H2,1H3. The Kier molecular flexibility index (Phi) is 2.77. The van der Waals surface area contributed by atoms with Gasteiger partial charge < -0.3 is 14.6 Å². The minimum Gasteiger partial charge on any atom is -0.416 e. The summed E-state index contributed by atoms with van der Waals surface area (Å²) in [5.74, 6) is 0.538. The lowest BCUT2D eigenvalue weighted by atomic mass is 10.4. The Morgan fingerprint density at radius 3 is 3.00 bits per heavy atom. The van der Waals surface area contributed by atoms with E-state index in [0.29, 0.717) is 17.7 Å². The van der Waals surface area contributed by atoms with Crippen molar-refractivity contribution in [2.24, 2.45) is 5.73 Å². The Bertz CT molecular complexity index is 690. The van der Waals surface area contributed by atoms with Crippen LogP contribution in [-0.2, 0) is 6.54 Å². The van der Waals surface area contributed by atoms with E-state index in [1.54, 1.807) is 6.92 Å². The molecule has 7 heteroatoms. The van der Waals surface area contributed by atoms with Crippen LogP contribution in [0.3, 0.4) is 0 Å². The number of nitrogens with zero attached hydrogens (tertiary/aromatic N) is 4. The predicted molar refractivity (Wildman–Crippen MR) is 66.2 cm³/mol. The fourth-order valence-corrected chi connectivity index (χ4v) is 2.54. The van der Waals surface area contributed by atoms with Crippen LogP contribution in [0.5, 0.6) is 0 Å². The summed E-state index contributed by atoms with van der Waals surface area (Å²) < 4.78 is 7.30. The quantitative estimate of drug-likeness (QED) is 0.771. The van der Waals surface area contributed by atoms with Crippen LogP contribution in [0.25, 0.3) is 5.65 Å². The minimum atomic E-state index is 0.403. The van der Waals surface area contributed by atoms with E-state index in [-0.39, 0.29) is 0 Å². The van der Waals surface area contributed by atoms with Gasteiger partial charge in [0.05, 0.1) is 5.69 Å². The number of aryl methyl sites for hydroxylation is 1. The molecule has 18 heavy (non-hydrogen) atoms. The molecule has 3 aromatic rings. The second-order valence-corrected chi connectivity index (χ2v) is 4.63. The van der Waals surface area contributed by atoms with Crippen molar-refractivity contribution >= 4 is 17.4 Å². The molecule has 2 N–H and O–H groups in total. The van der Waals surface area contributed by atoms with Crippen molar-refractivity contribution in [2.75, 3.05) is 0 Å². The van der Waals surface area contributed by atoms with Gasteiger partial charge >= 0.3 is 0 Å². The van der Waals surface area contributed by atoms with Gasteiger partial charge in [0, 0.05) is 19.7 Å². The zero-order valence-corrected chi connectivity index (χ0v) is 10.5. The van der Waals surface area contributed by atoms with E-state index < -0.39 is 0 Å². The molecule has 0 unspecified atom stereocenters. The van der Waals surface area contributed by atoms with Gasteiger partial charge in [-0.3, -0.25) is 0 Å². The summed E-state index contributed by atoms with van der Waals surface area (Å²) in [5, 5.41) is 9.01. The Balaban J connectivity index is 2.05. The van der Waals surface area contributed by atoms with Crippen molar-refractivity contribution in [3.63, 3.8) is 0 Å². The molecule has 0 saturated carbocycles. The van der Waals surface area contributed by atoms with Crippen LogP contribution in [0, 0.1) is 6.92 Å². The second-order valence-electron chi connectivity index (χ2n) is 3.69. The van der Waals surface area contributed by atoms with Crippen LogP contribution in [0.15, 0.2) is 39.1 Å². The molecule has 0 atom stereocenters. The summed E-state index contributed by atoms with van der Waals surface area (Å²) in [6.07, 6.45) is 1.94. The highest BCUT2D eigenvalue weighted by atomic mass is 32.2. The highest BCUT2D eigenvalue weighted by molar-refractivity contribution is 7.99. The smallest absolute Gasteiger partial charge is 0.282 e. The van der Waals surface area contributed by atoms with Gasteiger partial charge in [0.1, 0.15) is 10.7 Å². The number of aromatic nitrogens is 4. The molecule has 0 spiro atoms. The van der Waals surface area contributed by atoms with Gasteiger partial charge in [-0.1, -0.05) is 6.07 Å². The average Bonchev–Trinajstić information content (AvgIpc) is 2.92. The third kappa shape index (κ3) is 1.87. The molecule has 0 radical (unpaired) electrons. The zero-order chi connectivity index (χ0) is 12.5. The van der Waals surface area contributed by atoms with Crippen LogP contribution in [0.4, 0.5) is 0 Å². The van der Waals surface area contributed by atoms with Gasteiger partial charge in [0.2, 0.25) is 5.89 Å². The monoisotopic (exact) mass is 261 g/mol. The molecular formula is C11H11N5OS. The number of fused-ring (bicyclic) bond motifs is 1. The number of hydrogen-bond donors (Lipinski definition) is 1. The van der Waals surface area contributed by atoms with Gasteiger partial charge in [-0.25, -0.2) is 4.98 Å². The normalized spacial score (nSPS) is 11.2. The van der Waals surface area contributed by atoms with Crippen molar-refractivity contribution in [1.82, 2.24) is 19.6 Å². The van der Waals surface area contributed by atoms with Crippen molar-refractivity contribution in [3.8, 4) is 0 Å². The maximum absolute atomic E-state index is 5.78. The van der Waals surface area contributed by atoms with E-state index in [1.165, 1.54) is 11.8 Å². The summed E-state index contributed by atoms with van der Waals surface area (Å²) in [6.45, 7) is 2.16. The lowest BCUT2D eigenvalue weighted by Gasteiger charge is -1.98. The highest BCUT2D eigenvalue weighted by Crippen LogP contribution is 2.29. The first-order chi connectivity index (χ1) is 8.78. The summed E-state index contributed by atoms with van der Waals surface area (Å²) in [7, 11) is 0. The summed E-state index contributed by atoms with van der Waals surface area (Å²) in [4.78, 5) is 4.51. The third-order valence-corrected chi connectivity index (χ3v) is 3.34. The van der Waals surface area contributed by atoms with Crippen molar-refractivity contribution < 1.29 is 4.42 Å². The molecule has 0 bridgehead atoms. The third-order valence-electron chi connectivity index (χ3n) is 2.48. The molecule has 0 aliphatic carbocycles. The number of nitrogens with two attached hydrogens (primary N) is 1. The molecule has 3 heterocycles. The van der Waals surface area contributed by atoms with E-state index in [0.717, 1.165) is 16.4 Å². The topological polar surface area (TPSA) is 82.2 Å². The Labute approximate surface area is 107 Å². The highest BCUT2D eigenvalue weighted by Gasteiger charge is 2.14. The molecule has 3 aromatic heterocycles. The summed E-state index contributed by atoms with van der Waals surface area (Å²) in [6, 6.07) is 5.81. The first kappa shape index (κ1) is 11.2. The Morgan fingerprint density at radius 2 is 2.28 bits per heavy atom. The SMILES string of the molecule is Cc1nnc(Sc2nc3ccccn3c2CN)o1. The molecular weight excluding hydrogens is 250 g/mol. The van der Waals surface area contributed by atoms with Crippen LogP contribution < -0.4 is 5.73 Å². The second kappa shape index (κ2) is 4.43. The number of imidazole rings is 1. The van der Waals surface area contributed by atoms with Gasteiger partial charge in [0.25, 0.3) is 5.22 Å². The van der Waals surface area contributed by atoms with Crippen molar-refractivity contribution in [2.45, 2.75) is 23.7 Å². The molecule has 0 saturated heterocycles. The molecule has 0 aliphatic heterocycles. The lowest BCUT2D eigenvalue weighted by Crippen LogP contribution is -2.01. The van der Waals surface area contributed by atoms with E-state index >= 15 is 0 Å². The van der Waals surface area contributed by atoms with E-state index in [1.807, 2.05) is 28.8 Å². The fourth-order valence-electron chi connectivity index (χ4n) is 1.69. The van der Waals surface area contributed by atoms with Gasteiger partial charge in [-0.05, 0) is 23.9 Å². The molecule has 6 nitrogen and oxygen atoms in total. The van der Waals surface area contributed by atoms with Crippen LogP contribution in [0.2, 0.25) is 0 Å².